The molecule has 2 aromatic carbocycles. The molecule has 1 unspecified atom stereocenters. The molecule has 1 heterocycles. The molecule has 3 rings (SSSR count). The Bertz CT molecular complexity index is 890. The first kappa shape index (κ1) is 21.4. The number of ether oxygens (including phenoxy) is 2. The van der Waals surface area contributed by atoms with Gasteiger partial charge in [0.25, 0.3) is 5.91 Å². The maximum absolute atomic E-state index is 13.7. The second kappa shape index (κ2) is 10.5. The quantitative estimate of drug-likeness (QED) is 0.395. The number of halogens is 1. The molecule has 0 fully saturated rings. The van der Waals surface area contributed by atoms with E-state index in [4.69, 9.17) is 9.47 Å². The smallest absolute Gasteiger partial charge is 0.265 e. The molecule has 1 aliphatic heterocycles. The minimum atomic E-state index is -0.383. The molecule has 160 valence electrons. The van der Waals surface area contributed by atoms with Gasteiger partial charge in [0.1, 0.15) is 11.9 Å². The monoisotopic (exact) mass is 414 g/mol. The molecule has 0 saturated heterocycles. The molecular formula is C22H27FN4O3. The minimum absolute atomic E-state index is 0.0460. The third kappa shape index (κ3) is 5.62. The highest BCUT2D eigenvalue weighted by Gasteiger charge is 2.24. The number of benzene rings is 2. The van der Waals surface area contributed by atoms with Crippen molar-refractivity contribution in [2.75, 3.05) is 38.2 Å². The van der Waals surface area contributed by atoms with E-state index in [9.17, 15) is 9.18 Å². The number of anilines is 1. The van der Waals surface area contributed by atoms with Crippen molar-refractivity contribution in [1.29, 1.82) is 0 Å². The van der Waals surface area contributed by atoms with Gasteiger partial charge in [-0.15, -0.1) is 0 Å². The van der Waals surface area contributed by atoms with E-state index in [2.05, 4.69) is 15.6 Å². The molecule has 2 N–H and O–H groups in total. The van der Waals surface area contributed by atoms with Crippen molar-refractivity contribution in [2.45, 2.75) is 19.4 Å². The first-order chi connectivity index (χ1) is 14.6. The van der Waals surface area contributed by atoms with Gasteiger partial charge in [0, 0.05) is 20.1 Å². The Hall–Kier alpha value is -3.29. The van der Waals surface area contributed by atoms with Crippen molar-refractivity contribution in [2.24, 2.45) is 4.99 Å². The summed E-state index contributed by atoms with van der Waals surface area (Å²) in [7, 11) is 1.68. The van der Waals surface area contributed by atoms with Gasteiger partial charge in [-0.3, -0.25) is 9.79 Å². The molecule has 1 amide bonds. The van der Waals surface area contributed by atoms with Crippen LogP contribution in [0.25, 0.3) is 0 Å². The minimum Gasteiger partial charge on any atom is -0.486 e. The van der Waals surface area contributed by atoms with Gasteiger partial charge in [0.2, 0.25) is 0 Å². The van der Waals surface area contributed by atoms with Crippen LogP contribution in [0.2, 0.25) is 0 Å². The molecule has 1 atom stereocenters. The van der Waals surface area contributed by atoms with Gasteiger partial charge in [-0.05, 0) is 37.6 Å². The Kier molecular flexibility index (Phi) is 7.48. The molecule has 8 heteroatoms. The predicted molar refractivity (Wildman–Crippen MR) is 115 cm³/mol. The second-order valence-corrected chi connectivity index (χ2v) is 6.89. The zero-order chi connectivity index (χ0) is 21.3. The number of fused-ring (bicyclic) bond motifs is 1. The Labute approximate surface area is 175 Å². The standard InChI is InChI=1S/C22H27FN4O3/c1-16(30-19-10-5-3-8-17(19)23)14-26-22(24-2)25-12-7-13-27-18-9-4-6-11-20(18)29-15-21(27)28/h3-6,8-11,16H,7,12-15H2,1-2H3,(H2,24,25,26). The van der Waals surface area contributed by atoms with Crippen molar-refractivity contribution in [3.05, 3.63) is 54.3 Å². The third-order valence-electron chi connectivity index (χ3n) is 4.60. The zero-order valence-electron chi connectivity index (χ0n) is 17.2. The number of hydrogen-bond donors (Lipinski definition) is 2. The van der Waals surface area contributed by atoms with E-state index in [0.717, 1.165) is 17.9 Å². The van der Waals surface area contributed by atoms with Gasteiger partial charge in [-0.1, -0.05) is 24.3 Å². The van der Waals surface area contributed by atoms with Crippen LogP contribution in [-0.2, 0) is 4.79 Å². The number of hydrogen-bond acceptors (Lipinski definition) is 4. The highest BCUT2D eigenvalue weighted by Crippen LogP contribution is 2.31. The van der Waals surface area contributed by atoms with E-state index in [1.54, 1.807) is 30.1 Å². The van der Waals surface area contributed by atoms with Gasteiger partial charge in [0.15, 0.2) is 24.1 Å². The molecule has 0 radical (unpaired) electrons. The topological polar surface area (TPSA) is 75.2 Å². The van der Waals surface area contributed by atoms with Crippen LogP contribution in [0.4, 0.5) is 10.1 Å². The van der Waals surface area contributed by atoms with Crippen LogP contribution in [0, 0.1) is 5.82 Å². The van der Waals surface area contributed by atoms with Gasteiger partial charge in [-0.2, -0.15) is 0 Å². The summed E-state index contributed by atoms with van der Waals surface area (Å²) in [4.78, 5) is 18.1. The van der Waals surface area contributed by atoms with Crippen LogP contribution in [0.15, 0.2) is 53.5 Å². The molecule has 0 aliphatic carbocycles. The lowest BCUT2D eigenvalue weighted by Gasteiger charge is -2.29. The summed E-state index contributed by atoms with van der Waals surface area (Å²) in [6.07, 6.45) is 0.491. The number of carbonyl (C=O) groups excluding carboxylic acids is 1. The van der Waals surface area contributed by atoms with Gasteiger partial charge >= 0.3 is 0 Å². The normalized spacial score (nSPS) is 14.6. The summed E-state index contributed by atoms with van der Waals surface area (Å²) in [5, 5.41) is 6.38. The van der Waals surface area contributed by atoms with E-state index < -0.39 is 0 Å². The summed E-state index contributed by atoms with van der Waals surface area (Å²) in [5.74, 6) is 1.14. The maximum atomic E-state index is 13.7. The van der Waals surface area contributed by atoms with Crippen molar-refractivity contribution >= 4 is 17.6 Å². The fraction of sp³-hybridized carbons (Fsp3) is 0.364. The first-order valence-corrected chi connectivity index (χ1v) is 9.96. The lowest BCUT2D eigenvalue weighted by atomic mass is 10.2. The Morgan fingerprint density at radius 3 is 2.80 bits per heavy atom. The van der Waals surface area contributed by atoms with E-state index in [1.165, 1.54) is 6.07 Å². The van der Waals surface area contributed by atoms with Gasteiger partial charge in [0.05, 0.1) is 12.2 Å². The Morgan fingerprint density at radius 1 is 1.23 bits per heavy atom. The Morgan fingerprint density at radius 2 is 2.00 bits per heavy atom. The number of nitrogens with one attached hydrogen (secondary N) is 2. The van der Waals surface area contributed by atoms with Crippen molar-refractivity contribution in [1.82, 2.24) is 10.6 Å². The second-order valence-electron chi connectivity index (χ2n) is 6.89. The van der Waals surface area contributed by atoms with Crippen molar-refractivity contribution in [3.63, 3.8) is 0 Å². The number of guanidine groups is 1. The molecule has 0 bridgehead atoms. The van der Waals surface area contributed by atoms with Crippen LogP contribution in [0.5, 0.6) is 11.5 Å². The zero-order valence-corrected chi connectivity index (χ0v) is 17.2. The third-order valence-corrected chi connectivity index (χ3v) is 4.60. The van der Waals surface area contributed by atoms with Crippen LogP contribution in [-0.4, -0.2) is 51.3 Å². The number of para-hydroxylation sites is 3. The Balaban J connectivity index is 1.41. The van der Waals surface area contributed by atoms with E-state index in [-0.39, 0.29) is 30.2 Å². The number of rotatable bonds is 8. The molecule has 0 spiro atoms. The summed E-state index contributed by atoms with van der Waals surface area (Å²) in [5.41, 5.74) is 0.801. The van der Waals surface area contributed by atoms with Gasteiger partial charge < -0.3 is 25.0 Å². The summed E-state index contributed by atoms with van der Waals surface area (Å²) in [6, 6.07) is 13.9. The summed E-state index contributed by atoms with van der Waals surface area (Å²) < 4.78 is 24.8. The molecule has 0 aromatic heterocycles. The van der Waals surface area contributed by atoms with Crippen LogP contribution < -0.4 is 25.0 Å². The van der Waals surface area contributed by atoms with Crippen LogP contribution in [0.1, 0.15) is 13.3 Å². The number of carbonyl (C=O) groups is 1. The molecule has 2 aromatic rings. The number of nitrogens with zero attached hydrogens (tertiary/aromatic N) is 2. The average Bonchev–Trinajstić information content (AvgIpc) is 2.76. The molecule has 0 saturated carbocycles. The fourth-order valence-corrected chi connectivity index (χ4v) is 3.10. The number of aliphatic imine (C=N–C) groups is 1. The summed E-state index contributed by atoms with van der Waals surface area (Å²) >= 11 is 0. The highest BCUT2D eigenvalue weighted by atomic mass is 19.1. The highest BCUT2D eigenvalue weighted by molar-refractivity contribution is 5.97. The van der Waals surface area contributed by atoms with Crippen molar-refractivity contribution in [3.8, 4) is 11.5 Å². The fourth-order valence-electron chi connectivity index (χ4n) is 3.10. The molecule has 7 nitrogen and oxygen atoms in total. The molecule has 1 aliphatic rings. The van der Waals surface area contributed by atoms with E-state index >= 15 is 0 Å². The number of amides is 1. The lowest BCUT2D eigenvalue weighted by Crippen LogP contribution is -2.43. The average molecular weight is 414 g/mol. The van der Waals surface area contributed by atoms with Crippen LogP contribution in [0.3, 0.4) is 0 Å². The van der Waals surface area contributed by atoms with Gasteiger partial charge in [-0.25, -0.2) is 4.39 Å². The van der Waals surface area contributed by atoms with Crippen LogP contribution >= 0.6 is 0 Å². The maximum Gasteiger partial charge on any atom is 0.265 e. The lowest BCUT2D eigenvalue weighted by molar-refractivity contribution is -0.121. The molecular weight excluding hydrogens is 387 g/mol. The summed E-state index contributed by atoms with van der Waals surface area (Å²) in [6.45, 7) is 3.59. The van der Waals surface area contributed by atoms with Crippen molar-refractivity contribution < 1.29 is 18.7 Å². The largest absolute Gasteiger partial charge is 0.486 e. The van der Waals surface area contributed by atoms with E-state index in [0.29, 0.717) is 25.6 Å². The van der Waals surface area contributed by atoms with E-state index in [1.807, 2.05) is 31.2 Å². The predicted octanol–water partition coefficient (Wildman–Crippen LogP) is 2.57. The molecule has 30 heavy (non-hydrogen) atoms. The SMILES string of the molecule is CN=C(NCCCN1C(=O)COc2ccccc21)NCC(C)Oc1ccccc1F. The first-order valence-electron chi connectivity index (χ1n) is 9.96.